The van der Waals surface area contributed by atoms with Crippen LogP contribution in [0, 0.1) is 5.92 Å². The first-order valence-corrected chi connectivity index (χ1v) is 21.5. The third kappa shape index (κ3) is 13.3. The highest BCUT2D eigenvalue weighted by Gasteiger charge is 2.56. The van der Waals surface area contributed by atoms with Crippen LogP contribution in [0.4, 0.5) is 0 Å². The van der Waals surface area contributed by atoms with Gasteiger partial charge in [0.05, 0.1) is 91.0 Å². The van der Waals surface area contributed by atoms with Gasteiger partial charge in [0.1, 0.15) is 85.0 Å². The zero-order valence-corrected chi connectivity index (χ0v) is 36.4. The summed E-state index contributed by atoms with van der Waals surface area (Å²) in [6.45, 7) is 4.10. The van der Waals surface area contributed by atoms with Crippen molar-refractivity contribution in [2.24, 2.45) is 11.7 Å². The molecule has 4 saturated heterocycles. The van der Waals surface area contributed by atoms with Gasteiger partial charge in [-0.05, 0) is 6.92 Å². The van der Waals surface area contributed by atoms with Crippen molar-refractivity contribution in [2.45, 2.75) is 151 Å². The fourth-order valence-corrected chi connectivity index (χ4v) is 7.77. The van der Waals surface area contributed by atoms with Crippen LogP contribution in [0.2, 0.25) is 0 Å². The molecule has 1 amide bonds. The van der Waals surface area contributed by atoms with Crippen LogP contribution in [0.15, 0.2) is 6.20 Å². The third-order valence-electron chi connectivity index (χ3n) is 11.6. The molecule has 13 N–H and O–H groups in total. The number of nitrogens with zero attached hydrogens (tertiary/aromatic N) is 4. The molecule has 5 rings (SSSR count). The van der Waals surface area contributed by atoms with Crippen molar-refractivity contribution in [3.8, 4) is 0 Å². The Labute approximate surface area is 373 Å². The molecule has 4 fully saturated rings. The molecule has 0 bridgehead atoms. The molecule has 0 spiro atoms. The molecule has 1 aromatic rings. The average Bonchev–Trinajstić information content (AvgIpc) is 3.75. The minimum atomic E-state index is -1.97. The summed E-state index contributed by atoms with van der Waals surface area (Å²) in [5, 5.41) is 127. The van der Waals surface area contributed by atoms with Crippen LogP contribution < -0.4 is 5.73 Å². The predicted octanol–water partition coefficient (Wildman–Crippen LogP) is -7.79. The van der Waals surface area contributed by atoms with Gasteiger partial charge in [0, 0.05) is 19.4 Å². The third-order valence-corrected chi connectivity index (χ3v) is 11.6. The van der Waals surface area contributed by atoms with Gasteiger partial charge in [-0.1, -0.05) is 12.1 Å². The number of hydrogen-bond acceptors (Lipinski definition) is 25. The van der Waals surface area contributed by atoms with Crippen LogP contribution in [-0.2, 0) is 65.3 Å². The van der Waals surface area contributed by atoms with Crippen molar-refractivity contribution in [3.05, 3.63) is 11.9 Å². The molecule has 0 radical (unpaired) electrons. The zero-order valence-electron chi connectivity index (χ0n) is 36.4. The number of ether oxygens (including phenoxy) is 10. The Kier molecular flexibility index (Phi) is 21.0. The van der Waals surface area contributed by atoms with Crippen LogP contribution >= 0.6 is 0 Å². The molecular weight excluding hydrogens is 878 g/mol. The second kappa shape index (κ2) is 25.4. The van der Waals surface area contributed by atoms with Crippen LogP contribution in [0.25, 0.3) is 0 Å². The van der Waals surface area contributed by atoms with E-state index in [0.29, 0.717) is 46.1 Å². The number of aliphatic hydroxyl groups is 11. The van der Waals surface area contributed by atoms with Gasteiger partial charge in [0.2, 0.25) is 5.91 Å². The lowest BCUT2D eigenvalue weighted by atomic mass is 9.91. The van der Waals surface area contributed by atoms with E-state index in [-0.39, 0.29) is 18.8 Å². The number of aromatic nitrogens is 3. The summed E-state index contributed by atoms with van der Waals surface area (Å²) in [5.74, 6) is -1.65. The van der Waals surface area contributed by atoms with Gasteiger partial charge in [-0.3, -0.25) is 4.79 Å². The largest absolute Gasteiger partial charge is 0.394 e. The highest BCUT2D eigenvalue weighted by Crippen LogP contribution is 2.37. The quantitative estimate of drug-likeness (QED) is 0.0453. The number of amides is 1. The van der Waals surface area contributed by atoms with E-state index in [0.717, 1.165) is 4.90 Å². The maximum absolute atomic E-state index is 13.0. The standard InChI is InChI=1S/C38H67N5O22/c1-17-24(48)26(50)21(14-44)61-36(17)64-33-27(51)22(15-45)62-38(34(33)65-37-31(55)28(52)25(49)18(2)59-37)63-32-23(16-46)60-35(30(54)29(32)53)43(19(3)47)13-20-12-42(41-40-20)5-7-57-9-11-58-10-8-56-6-4-39/h12,17-18,21-38,44-46,48-55H,4-11,13-16,39H2,1-3H3/t17-,18?,21?,22?,23-,24+,25+,26-,27-,28-,29?,30?,31+,32+,33-,34-,35?,36?,37?,38?/m0/s1. The van der Waals surface area contributed by atoms with Crippen molar-refractivity contribution < 1.29 is 108 Å². The molecule has 4 aliphatic rings. The number of nitrogens with two attached hydrogens (primary N) is 1. The van der Waals surface area contributed by atoms with Crippen molar-refractivity contribution in [3.63, 3.8) is 0 Å². The highest BCUT2D eigenvalue weighted by atomic mass is 16.8. The molecule has 9 unspecified atom stereocenters. The lowest BCUT2D eigenvalue weighted by Crippen LogP contribution is -2.69. The maximum Gasteiger partial charge on any atom is 0.221 e. The van der Waals surface area contributed by atoms with Gasteiger partial charge < -0.3 is 114 Å². The highest BCUT2D eigenvalue weighted by molar-refractivity contribution is 5.73. The summed E-state index contributed by atoms with van der Waals surface area (Å²) in [5.41, 5.74) is 5.64. The molecule has 1 aromatic heterocycles. The van der Waals surface area contributed by atoms with Crippen LogP contribution in [0.1, 0.15) is 26.5 Å². The predicted molar refractivity (Wildman–Crippen MR) is 211 cm³/mol. The fraction of sp³-hybridized carbons (Fsp3) is 0.921. The van der Waals surface area contributed by atoms with E-state index in [4.69, 9.17) is 53.1 Å². The minimum Gasteiger partial charge on any atom is -0.394 e. The average molecular weight is 946 g/mol. The summed E-state index contributed by atoms with van der Waals surface area (Å²) in [7, 11) is 0. The summed E-state index contributed by atoms with van der Waals surface area (Å²) in [4.78, 5) is 14.1. The number of carbonyl (C=O) groups is 1. The molecule has 5 heterocycles. The second-order valence-electron chi connectivity index (χ2n) is 16.2. The lowest BCUT2D eigenvalue weighted by molar-refractivity contribution is -0.400. The monoisotopic (exact) mass is 945 g/mol. The number of aliphatic hydroxyl groups excluding tert-OH is 11. The molecule has 376 valence electrons. The van der Waals surface area contributed by atoms with E-state index in [1.54, 1.807) is 0 Å². The van der Waals surface area contributed by atoms with E-state index < -0.39 is 148 Å². The molecule has 20 atom stereocenters. The van der Waals surface area contributed by atoms with Crippen LogP contribution in [0.5, 0.6) is 0 Å². The molecule has 0 aromatic carbocycles. The van der Waals surface area contributed by atoms with E-state index >= 15 is 0 Å². The Bertz CT molecular complexity index is 1550. The molecule has 27 nitrogen and oxygen atoms in total. The van der Waals surface area contributed by atoms with Crippen molar-refractivity contribution in [1.82, 2.24) is 19.9 Å². The summed E-state index contributed by atoms with van der Waals surface area (Å²) < 4.78 is 59.4. The molecular formula is C38H67N5O22. The Hall–Kier alpha value is -2.27. The van der Waals surface area contributed by atoms with Gasteiger partial charge in [-0.15, -0.1) is 5.10 Å². The maximum atomic E-state index is 13.0. The zero-order chi connectivity index (χ0) is 47.5. The van der Waals surface area contributed by atoms with Gasteiger partial charge in [-0.2, -0.15) is 0 Å². The van der Waals surface area contributed by atoms with Crippen molar-refractivity contribution in [2.75, 3.05) is 66.0 Å². The lowest BCUT2D eigenvalue weighted by Gasteiger charge is -2.51. The first-order chi connectivity index (χ1) is 31.1. The normalized spacial score (nSPS) is 40.2. The Morgan fingerprint density at radius 2 is 1.23 bits per heavy atom. The Balaban J connectivity index is 1.31. The Morgan fingerprint density at radius 3 is 1.86 bits per heavy atom. The first kappa shape index (κ1) is 53.7. The first-order valence-electron chi connectivity index (χ1n) is 21.5. The van der Waals surface area contributed by atoms with E-state index in [9.17, 15) is 61.0 Å². The molecule has 0 saturated carbocycles. The topological polar surface area (TPSA) is 392 Å². The fourth-order valence-electron chi connectivity index (χ4n) is 7.77. The van der Waals surface area contributed by atoms with Gasteiger partial charge in [0.15, 0.2) is 25.1 Å². The van der Waals surface area contributed by atoms with E-state index in [2.05, 4.69) is 10.3 Å². The van der Waals surface area contributed by atoms with E-state index in [1.807, 2.05) is 0 Å². The summed E-state index contributed by atoms with van der Waals surface area (Å²) in [6.07, 6.45) is -30.1. The summed E-state index contributed by atoms with van der Waals surface area (Å²) >= 11 is 0. The summed E-state index contributed by atoms with van der Waals surface area (Å²) in [6, 6.07) is 0. The number of carbonyl (C=O) groups excluding carboxylic acids is 1. The minimum absolute atomic E-state index is 0.257. The van der Waals surface area contributed by atoms with Gasteiger partial charge >= 0.3 is 0 Å². The van der Waals surface area contributed by atoms with Gasteiger partial charge in [-0.25, -0.2) is 4.68 Å². The Morgan fingerprint density at radius 1 is 0.646 bits per heavy atom. The van der Waals surface area contributed by atoms with E-state index in [1.165, 1.54) is 31.6 Å². The second-order valence-corrected chi connectivity index (χ2v) is 16.2. The molecule has 27 heteroatoms. The molecule has 0 aliphatic carbocycles. The van der Waals surface area contributed by atoms with Crippen LogP contribution in [0.3, 0.4) is 0 Å². The molecule has 65 heavy (non-hydrogen) atoms. The van der Waals surface area contributed by atoms with Crippen LogP contribution in [-0.4, -0.2) is 265 Å². The molecule has 4 aliphatic heterocycles. The number of hydrogen-bond donors (Lipinski definition) is 12. The van der Waals surface area contributed by atoms with Crippen molar-refractivity contribution >= 4 is 5.91 Å². The van der Waals surface area contributed by atoms with Gasteiger partial charge in [0.25, 0.3) is 0 Å². The number of rotatable bonds is 23. The SMILES string of the molecule is CC(=O)N(Cc1cn(CCOCCOCCOCCN)nn1)C1O[C@@H](CO)[C@@H](OC2OC(CO)[C@H](O)[C@H](OC3OC(CO)[C@H](O)[C@H](O)[C@@H]3C)[C@@H]2OC2OC(C)[C@@H](O)[C@H](O)[C@H]2O)C(O)C1O. The van der Waals surface area contributed by atoms with Crippen molar-refractivity contribution in [1.29, 1.82) is 0 Å². The smallest absolute Gasteiger partial charge is 0.221 e.